The maximum absolute atomic E-state index is 12.3. The van der Waals surface area contributed by atoms with Crippen LogP contribution < -0.4 is 16.0 Å². The highest BCUT2D eigenvalue weighted by atomic mass is 16.2. The molecule has 5 nitrogen and oxygen atoms in total. The van der Waals surface area contributed by atoms with E-state index in [1.165, 1.54) is 5.56 Å². The molecule has 0 aromatic heterocycles. The second-order valence-corrected chi connectivity index (χ2v) is 7.27. The summed E-state index contributed by atoms with van der Waals surface area (Å²) in [6.45, 7) is 6.14. The molecule has 0 saturated heterocycles. The number of rotatable bonds is 7. The number of nitrogens with one attached hydrogen (secondary N) is 3. The lowest BCUT2D eigenvalue weighted by Crippen LogP contribution is -2.16. The van der Waals surface area contributed by atoms with Crippen molar-refractivity contribution in [3.63, 3.8) is 0 Å². The molecule has 2 aromatic rings. The van der Waals surface area contributed by atoms with Crippen molar-refractivity contribution in [1.82, 2.24) is 4.90 Å². The zero-order valence-corrected chi connectivity index (χ0v) is 16.5. The maximum atomic E-state index is 12.3. The monoisotopic (exact) mass is 364 g/mol. The van der Waals surface area contributed by atoms with E-state index in [1.807, 2.05) is 31.2 Å². The minimum absolute atomic E-state index is 0.0669. The molecule has 0 atom stereocenters. The number of carbonyl (C=O) groups excluding carboxylic acids is 1. The van der Waals surface area contributed by atoms with Gasteiger partial charge in [-0.25, -0.2) is 0 Å². The molecule has 3 N–H and O–H groups in total. The van der Waals surface area contributed by atoms with Gasteiger partial charge in [0.15, 0.2) is 0 Å². The topological polar surface area (TPSA) is 56.4 Å². The van der Waals surface area contributed by atoms with E-state index in [0.29, 0.717) is 5.57 Å². The summed E-state index contributed by atoms with van der Waals surface area (Å²) in [6, 6.07) is 12.1. The standard InChI is InChI=1S/C22H28N4O/c1-15-7-5-8-20-21(15)18(22(27)25-20)14-24-17-9-10-19(16(2)13-17)23-11-6-12-26(3)4/h5,7-10,13-14,23-24H,6,11-12H2,1-4H3,(H,25,27). The average Bonchev–Trinajstić information content (AvgIpc) is 2.94. The number of anilines is 3. The first-order valence-electron chi connectivity index (χ1n) is 9.33. The first-order valence-corrected chi connectivity index (χ1v) is 9.33. The van der Waals surface area contributed by atoms with Gasteiger partial charge in [0.25, 0.3) is 5.91 Å². The highest BCUT2D eigenvalue weighted by Gasteiger charge is 2.25. The summed E-state index contributed by atoms with van der Waals surface area (Å²) in [7, 11) is 4.18. The third kappa shape index (κ3) is 4.49. The molecule has 0 unspecified atom stereocenters. The summed E-state index contributed by atoms with van der Waals surface area (Å²) >= 11 is 0. The Morgan fingerprint density at radius 3 is 2.67 bits per heavy atom. The Kier molecular flexibility index (Phi) is 5.81. The summed E-state index contributed by atoms with van der Waals surface area (Å²) in [6.07, 6.45) is 2.90. The van der Waals surface area contributed by atoms with E-state index < -0.39 is 0 Å². The fraction of sp³-hybridized carbons (Fsp3) is 0.318. The van der Waals surface area contributed by atoms with E-state index >= 15 is 0 Å². The molecule has 1 aliphatic heterocycles. The molecular weight excluding hydrogens is 336 g/mol. The minimum atomic E-state index is -0.0669. The number of benzene rings is 2. The van der Waals surface area contributed by atoms with Gasteiger partial charge in [0.05, 0.1) is 5.57 Å². The molecule has 0 saturated carbocycles. The van der Waals surface area contributed by atoms with Gasteiger partial charge in [-0.05, 0) is 76.3 Å². The molecule has 0 aliphatic carbocycles. The van der Waals surface area contributed by atoms with Crippen molar-refractivity contribution in [1.29, 1.82) is 0 Å². The lowest BCUT2D eigenvalue weighted by Gasteiger charge is -2.13. The van der Waals surface area contributed by atoms with Gasteiger partial charge in [0.2, 0.25) is 0 Å². The average molecular weight is 364 g/mol. The minimum Gasteiger partial charge on any atom is -0.385 e. The van der Waals surface area contributed by atoms with Gasteiger partial charge in [-0.15, -0.1) is 0 Å². The van der Waals surface area contributed by atoms with Gasteiger partial charge in [-0.2, -0.15) is 0 Å². The molecule has 1 amide bonds. The molecule has 0 spiro atoms. The summed E-state index contributed by atoms with van der Waals surface area (Å²) in [5.74, 6) is -0.0669. The van der Waals surface area contributed by atoms with Gasteiger partial charge >= 0.3 is 0 Å². The third-order valence-electron chi connectivity index (χ3n) is 4.74. The molecule has 5 heteroatoms. The van der Waals surface area contributed by atoms with Gasteiger partial charge in [0, 0.05) is 35.4 Å². The quantitative estimate of drug-likeness (QED) is 0.512. The molecule has 27 heavy (non-hydrogen) atoms. The zero-order valence-electron chi connectivity index (χ0n) is 16.5. The van der Waals surface area contributed by atoms with Gasteiger partial charge < -0.3 is 20.9 Å². The maximum Gasteiger partial charge on any atom is 0.257 e. The zero-order chi connectivity index (χ0) is 19.4. The van der Waals surface area contributed by atoms with Crippen LogP contribution in [0, 0.1) is 13.8 Å². The normalized spacial score (nSPS) is 14.4. The van der Waals surface area contributed by atoms with Gasteiger partial charge in [-0.3, -0.25) is 4.79 Å². The highest BCUT2D eigenvalue weighted by Crippen LogP contribution is 2.34. The number of hydrogen-bond donors (Lipinski definition) is 3. The molecular formula is C22H28N4O. The van der Waals surface area contributed by atoms with Crippen LogP contribution in [0.15, 0.2) is 42.6 Å². The van der Waals surface area contributed by atoms with E-state index in [2.05, 4.69) is 54.0 Å². The summed E-state index contributed by atoms with van der Waals surface area (Å²) in [4.78, 5) is 14.5. The fourth-order valence-electron chi connectivity index (χ4n) is 3.30. The number of fused-ring (bicyclic) bond motifs is 1. The number of hydrogen-bond acceptors (Lipinski definition) is 4. The van der Waals surface area contributed by atoms with Crippen molar-refractivity contribution < 1.29 is 4.79 Å². The van der Waals surface area contributed by atoms with E-state index in [0.717, 1.165) is 47.7 Å². The summed E-state index contributed by atoms with van der Waals surface area (Å²) in [5, 5.41) is 9.69. The van der Waals surface area contributed by atoms with Gasteiger partial charge in [-0.1, -0.05) is 12.1 Å². The predicted molar refractivity (Wildman–Crippen MR) is 114 cm³/mol. The molecule has 0 fully saturated rings. The van der Waals surface area contributed by atoms with Gasteiger partial charge in [0.1, 0.15) is 0 Å². The SMILES string of the molecule is Cc1cc(NC=C2C(=O)Nc3cccc(C)c32)ccc1NCCCN(C)C. The first kappa shape index (κ1) is 19.0. The third-order valence-corrected chi connectivity index (χ3v) is 4.74. The smallest absolute Gasteiger partial charge is 0.257 e. The number of carbonyl (C=O) groups is 1. The van der Waals surface area contributed by atoms with Crippen molar-refractivity contribution >= 4 is 28.5 Å². The van der Waals surface area contributed by atoms with Crippen LogP contribution in [0.1, 0.15) is 23.1 Å². The van der Waals surface area contributed by atoms with E-state index in [1.54, 1.807) is 6.20 Å². The van der Waals surface area contributed by atoms with Crippen LogP contribution in [-0.4, -0.2) is 38.0 Å². The molecule has 0 radical (unpaired) electrons. The molecule has 0 bridgehead atoms. The van der Waals surface area contributed by atoms with Crippen molar-refractivity contribution in [3.05, 3.63) is 59.3 Å². The van der Waals surface area contributed by atoms with E-state index in [4.69, 9.17) is 0 Å². The van der Waals surface area contributed by atoms with Crippen molar-refractivity contribution in [3.8, 4) is 0 Å². The Labute approximate surface area is 161 Å². The number of amides is 1. The van der Waals surface area contributed by atoms with Crippen LogP contribution in [0.4, 0.5) is 17.1 Å². The Balaban J connectivity index is 1.68. The molecule has 1 aliphatic rings. The van der Waals surface area contributed by atoms with Crippen molar-refractivity contribution in [2.24, 2.45) is 0 Å². The Morgan fingerprint density at radius 1 is 1.11 bits per heavy atom. The van der Waals surface area contributed by atoms with Crippen LogP contribution in [0.2, 0.25) is 0 Å². The van der Waals surface area contributed by atoms with E-state index in [-0.39, 0.29) is 5.91 Å². The summed E-state index contributed by atoms with van der Waals surface area (Å²) < 4.78 is 0. The molecule has 3 rings (SSSR count). The van der Waals surface area contributed by atoms with E-state index in [9.17, 15) is 4.79 Å². The van der Waals surface area contributed by atoms with Crippen LogP contribution in [-0.2, 0) is 4.79 Å². The Bertz CT molecular complexity index is 871. The van der Waals surface area contributed by atoms with Crippen molar-refractivity contribution in [2.75, 3.05) is 43.1 Å². The second-order valence-electron chi connectivity index (χ2n) is 7.27. The van der Waals surface area contributed by atoms with Crippen LogP contribution in [0.3, 0.4) is 0 Å². The Morgan fingerprint density at radius 2 is 1.93 bits per heavy atom. The fourth-order valence-corrected chi connectivity index (χ4v) is 3.30. The highest BCUT2D eigenvalue weighted by molar-refractivity contribution is 6.32. The first-order chi connectivity index (χ1) is 13.0. The van der Waals surface area contributed by atoms with Crippen LogP contribution in [0.5, 0.6) is 0 Å². The predicted octanol–water partition coefficient (Wildman–Crippen LogP) is 4.07. The molecule has 2 aromatic carbocycles. The summed E-state index contributed by atoms with van der Waals surface area (Å²) in [5.41, 5.74) is 6.91. The number of aryl methyl sites for hydroxylation is 2. The largest absolute Gasteiger partial charge is 0.385 e. The lowest BCUT2D eigenvalue weighted by atomic mass is 10.0. The number of nitrogens with zero attached hydrogens (tertiary/aromatic N) is 1. The molecule has 1 heterocycles. The van der Waals surface area contributed by atoms with Crippen LogP contribution >= 0.6 is 0 Å². The molecule has 142 valence electrons. The Hall–Kier alpha value is -2.79. The second kappa shape index (κ2) is 8.27. The van der Waals surface area contributed by atoms with Crippen LogP contribution in [0.25, 0.3) is 5.57 Å². The lowest BCUT2D eigenvalue weighted by molar-refractivity contribution is -0.110. The van der Waals surface area contributed by atoms with Crippen molar-refractivity contribution in [2.45, 2.75) is 20.3 Å².